The van der Waals surface area contributed by atoms with Gasteiger partial charge in [-0.15, -0.1) is 12.4 Å². The Morgan fingerprint density at radius 3 is 2.73 bits per heavy atom. The van der Waals surface area contributed by atoms with Crippen LogP contribution in [0.4, 0.5) is 0 Å². The second-order valence-corrected chi connectivity index (χ2v) is 12.8. The Hall–Kier alpha value is -2.70. The summed E-state index contributed by atoms with van der Waals surface area (Å²) in [6.45, 7) is 2.68. The van der Waals surface area contributed by atoms with Gasteiger partial charge in [-0.3, -0.25) is 4.90 Å². The van der Waals surface area contributed by atoms with Crippen molar-refractivity contribution < 1.29 is 14.6 Å². The molecule has 1 spiro atoms. The number of aromatic amines is 1. The Morgan fingerprint density at radius 1 is 1.07 bits per heavy atom. The normalized spacial score (nSPS) is 29.4. The largest absolute Gasteiger partial charge is 0.504 e. The van der Waals surface area contributed by atoms with Crippen LogP contribution >= 0.6 is 24.0 Å². The lowest BCUT2D eigenvalue weighted by molar-refractivity contribution is -0.210. The zero-order valence-electron chi connectivity index (χ0n) is 22.2. The number of nitrogens with one attached hydrogen (secondary N) is 1. The summed E-state index contributed by atoms with van der Waals surface area (Å²) in [4.78, 5) is 6.51. The smallest absolute Gasteiger partial charge is 0.166 e. The first kappa shape index (κ1) is 25.0. The molecule has 9 rings (SSSR count). The number of aromatic nitrogens is 1. The van der Waals surface area contributed by atoms with Gasteiger partial charge in [0.2, 0.25) is 0 Å². The van der Waals surface area contributed by atoms with Crippen molar-refractivity contribution in [2.75, 3.05) is 13.1 Å². The van der Waals surface area contributed by atoms with Crippen LogP contribution in [0.3, 0.4) is 0 Å². The molecule has 3 aromatic carbocycles. The van der Waals surface area contributed by atoms with E-state index >= 15 is 0 Å². The molecule has 0 unspecified atom stereocenters. The molecule has 1 saturated carbocycles. The third-order valence-corrected chi connectivity index (χ3v) is 10.7. The van der Waals surface area contributed by atoms with E-state index in [0.717, 1.165) is 60.1 Å². The zero-order valence-corrected chi connectivity index (χ0v) is 23.7. The van der Waals surface area contributed by atoms with Crippen molar-refractivity contribution in [1.29, 1.82) is 0 Å². The van der Waals surface area contributed by atoms with E-state index in [2.05, 4.69) is 52.3 Å². The number of para-hydroxylation sites is 1. The van der Waals surface area contributed by atoms with Gasteiger partial charge in [0.25, 0.3) is 0 Å². The summed E-state index contributed by atoms with van der Waals surface area (Å²) < 4.78 is 14.3. The number of nitrogens with zero attached hydrogens (tertiary/aromatic N) is 1. The molecule has 2 fully saturated rings. The third-order valence-electron chi connectivity index (χ3n) is 10.4. The van der Waals surface area contributed by atoms with Gasteiger partial charge in [0.15, 0.2) is 17.6 Å². The predicted octanol–water partition coefficient (Wildman–Crippen LogP) is 6.87. The minimum Gasteiger partial charge on any atom is -0.504 e. The van der Waals surface area contributed by atoms with Gasteiger partial charge in [0.1, 0.15) is 5.60 Å². The second-order valence-electron chi connectivity index (χ2n) is 12.4. The Kier molecular flexibility index (Phi) is 5.42. The summed E-state index contributed by atoms with van der Waals surface area (Å²) in [7, 11) is 0. The fraction of sp³-hybridized carbons (Fsp3) is 0.394. The summed E-state index contributed by atoms with van der Waals surface area (Å²) >= 11 is 6.23. The fourth-order valence-corrected chi connectivity index (χ4v) is 8.74. The van der Waals surface area contributed by atoms with Crippen molar-refractivity contribution in [3.63, 3.8) is 0 Å². The van der Waals surface area contributed by atoms with Gasteiger partial charge in [-0.2, -0.15) is 0 Å². The molecule has 5 nitrogen and oxygen atoms in total. The topological polar surface area (TPSA) is 57.7 Å². The molecule has 5 aliphatic rings. The highest BCUT2D eigenvalue weighted by Gasteiger charge is 2.74. The molecule has 206 valence electrons. The van der Waals surface area contributed by atoms with Crippen LogP contribution in [0.15, 0.2) is 60.7 Å². The first-order valence-electron chi connectivity index (χ1n) is 14.3. The summed E-state index contributed by atoms with van der Waals surface area (Å²) in [5.74, 6) is 1.70. The van der Waals surface area contributed by atoms with Crippen molar-refractivity contribution in [2.24, 2.45) is 5.92 Å². The van der Waals surface area contributed by atoms with E-state index in [0.29, 0.717) is 12.4 Å². The molecule has 4 aromatic rings. The summed E-state index contributed by atoms with van der Waals surface area (Å²) in [6.07, 6.45) is 5.11. The molecule has 0 radical (unpaired) electrons. The molecule has 40 heavy (non-hydrogen) atoms. The first-order valence-corrected chi connectivity index (χ1v) is 14.7. The minimum atomic E-state index is -0.492. The van der Waals surface area contributed by atoms with Crippen molar-refractivity contribution >= 4 is 34.9 Å². The Labute approximate surface area is 244 Å². The van der Waals surface area contributed by atoms with Gasteiger partial charge in [0.05, 0.1) is 17.7 Å². The van der Waals surface area contributed by atoms with Gasteiger partial charge in [-0.25, -0.2) is 0 Å². The highest BCUT2D eigenvalue weighted by atomic mass is 35.5. The van der Waals surface area contributed by atoms with Crippen LogP contribution < -0.4 is 4.74 Å². The van der Waals surface area contributed by atoms with E-state index in [1.165, 1.54) is 34.9 Å². The molecule has 7 heteroatoms. The first-order chi connectivity index (χ1) is 19.1. The number of rotatable bonds is 5. The lowest BCUT2D eigenvalue weighted by atomic mass is 9.48. The highest BCUT2D eigenvalue weighted by molar-refractivity contribution is 6.30. The standard InChI is InChI=1S/C33H31ClN2O3.ClH/c34-22-10-7-20(8-11-22)18-38-33-16-24-23-3-1-2-4-25(23)35-29(24)31-32(33)13-14-36(17-19-5-6-19)27(33)15-21-9-12-26(37)30(39-31)28(21)32;/h1-4,7-12,19,27,31,35,37H,5-6,13-18H2;1H/t27-,31-,32-,33+;/m0./s1. The summed E-state index contributed by atoms with van der Waals surface area (Å²) in [5.41, 5.74) is 6.35. The van der Waals surface area contributed by atoms with Crippen molar-refractivity contribution in [3.05, 3.63) is 93.6 Å². The zero-order chi connectivity index (χ0) is 25.9. The molecule has 1 saturated heterocycles. The van der Waals surface area contributed by atoms with Crippen molar-refractivity contribution in [2.45, 2.75) is 61.9 Å². The maximum absolute atomic E-state index is 11.1. The predicted molar refractivity (Wildman–Crippen MR) is 158 cm³/mol. The lowest BCUT2D eigenvalue weighted by Crippen LogP contribution is -2.75. The quantitative estimate of drug-likeness (QED) is 0.273. The minimum absolute atomic E-state index is 0. The SMILES string of the molecule is Cl.Oc1ccc2c3c1O[C@H]1c4[nH]c5ccccc5c4C[C@@]4(OCc5ccc(Cl)cc5)[C@H](C2)N(CC2CC2)CC[C@]314. The molecular weight excluding hydrogens is 543 g/mol. The van der Waals surface area contributed by atoms with Crippen LogP contribution in [-0.2, 0) is 29.6 Å². The van der Waals surface area contributed by atoms with Crippen LogP contribution in [0.2, 0.25) is 5.02 Å². The molecule has 3 heterocycles. The van der Waals surface area contributed by atoms with Crippen LogP contribution in [0, 0.1) is 5.92 Å². The summed E-state index contributed by atoms with van der Waals surface area (Å²) in [6, 6.07) is 20.8. The number of ether oxygens (including phenoxy) is 2. The molecule has 0 amide bonds. The molecule has 1 aromatic heterocycles. The Balaban J connectivity index is 0.00000245. The Morgan fingerprint density at radius 2 is 1.90 bits per heavy atom. The summed E-state index contributed by atoms with van der Waals surface area (Å²) in [5, 5.41) is 13.1. The van der Waals surface area contributed by atoms with E-state index in [1.54, 1.807) is 0 Å². The van der Waals surface area contributed by atoms with Gasteiger partial charge in [-0.05, 0) is 79.1 Å². The maximum atomic E-state index is 11.1. The van der Waals surface area contributed by atoms with Gasteiger partial charge < -0.3 is 19.6 Å². The van der Waals surface area contributed by atoms with Gasteiger partial charge in [0, 0.05) is 40.5 Å². The number of halogens is 2. The molecule has 4 atom stereocenters. The van der Waals surface area contributed by atoms with Crippen molar-refractivity contribution in [3.8, 4) is 11.5 Å². The number of fused-ring (bicyclic) bond motifs is 4. The van der Waals surface area contributed by atoms with E-state index < -0.39 is 5.60 Å². The average molecular weight is 576 g/mol. The lowest BCUT2D eigenvalue weighted by Gasteiger charge is -2.64. The molecular formula is C33H32Cl2N2O3. The number of hydrogen-bond acceptors (Lipinski definition) is 4. The van der Waals surface area contributed by atoms with Crippen molar-refractivity contribution in [1.82, 2.24) is 9.88 Å². The average Bonchev–Trinajstić information content (AvgIpc) is 3.59. The van der Waals surface area contributed by atoms with E-state index in [1.807, 2.05) is 18.2 Å². The fourth-order valence-electron chi connectivity index (χ4n) is 8.61. The number of benzene rings is 3. The number of H-pyrrole nitrogens is 1. The van der Waals surface area contributed by atoms with E-state index in [4.69, 9.17) is 21.1 Å². The molecule has 3 aliphatic carbocycles. The molecule has 2 bridgehead atoms. The molecule has 2 aliphatic heterocycles. The number of hydrogen-bond donors (Lipinski definition) is 2. The maximum Gasteiger partial charge on any atom is 0.166 e. The van der Waals surface area contributed by atoms with E-state index in [9.17, 15) is 5.11 Å². The van der Waals surface area contributed by atoms with Gasteiger partial charge >= 0.3 is 0 Å². The van der Waals surface area contributed by atoms with Crippen LogP contribution in [0.25, 0.3) is 10.9 Å². The monoisotopic (exact) mass is 574 g/mol. The van der Waals surface area contributed by atoms with Gasteiger partial charge in [-0.1, -0.05) is 48.0 Å². The van der Waals surface area contributed by atoms with Crippen LogP contribution in [0.1, 0.15) is 53.3 Å². The number of phenols is 1. The highest BCUT2D eigenvalue weighted by Crippen LogP contribution is 2.70. The second kappa shape index (κ2) is 8.65. The number of phenolic OH excluding ortho intramolecular Hbond substituents is 1. The number of piperidine rings is 1. The van der Waals surface area contributed by atoms with Crippen LogP contribution in [0.5, 0.6) is 11.5 Å². The molecule has 2 N–H and O–H groups in total. The number of aromatic hydroxyl groups is 1. The third kappa shape index (κ3) is 3.18. The number of likely N-dealkylation sites (tertiary alicyclic amines) is 1. The van der Waals surface area contributed by atoms with Crippen LogP contribution in [-0.4, -0.2) is 39.7 Å². The Bertz CT molecular complexity index is 1650. The van der Waals surface area contributed by atoms with E-state index in [-0.39, 0.29) is 35.7 Å².